The number of benzene rings is 1. The van der Waals surface area contributed by atoms with Crippen LogP contribution in [0.1, 0.15) is 24.8 Å². The standard InChI is InChI=1S/C13H17F2N/c1-16-13(10-3-2-4-10)8-9-5-6-11(14)12(15)7-9/h5-7,10,13,16H,2-4,8H2,1H3. The van der Waals surface area contributed by atoms with Gasteiger partial charge in [0.2, 0.25) is 0 Å². The van der Waals surface area contributed by atoms with Crippen LogP contribution in [0.2, 0.25) is 0 Å². The summed E-state index contributed by atoms with van der Waals surface area (Å²) in [5.41, 5.74) is 0.866. The van der Waals surface area contributed by atoms with Crippen molar-refractivity contribution < 1.29 is 8.78 Å². The highest BCUT2D eigenvalue weighted by Gasteiger charge is 2.26. The van der Waals surface area contributed by atoms with E-state index < -0.39 is 11.6 Å². The molecule has 0 heterocycles. The first-order valence-corrected chi connectivity index (χ1v) is 5.82. The molecular formula is C13H17F2N. The van der Waals surface area contributed by atoms with Gasteiger partial charge in [-0.2, -0.15) is 0 Å². The molecule has 1 aliphatic carbocycles. The molecule has 2 rings (SSSR count). The second kappa shape index (κ2) is 4.91. The summed E-state index contributed by atoms with van der Waals surface area (Å²) >= 11 is 0. The highest BCUT2D eigenvalue weighted by atomic mass is 19.2. The lowest BCUT2D eigenvalue weighted by Crippen LogP contribution is -2.39. The Kier molecular flexibility index (Phi) is 3.54. The molecule has 0 radical (unpaired) electrons. The third kappa shape index (κ3) is 2.40. The van der Waals surface area contributed by atoms with Gasteiger partial charge in [0.1, 0.15) is 0 Å². The predicted octanol–water partition coefficient (Wildman–Crippen LogP) is 2.90. The minimum absolute atomic E-state index is 0.388. The minimum atomic E-state index is -0.770. The smallest absolute Gasteiger partial charge is 0.159 e. The molecule has 1 N–H and O–H groups in total. The van der Waals surface area contributed by atoms with Gasteiger partial charge in [-0.1, -0.05) is 12.5 Å². The Labute approximate surface area is 94.9 Å². The Morgan fingerprint density at radius 3 is 2.56 bits per heavy atom. The van der Waals surface area contributed by atoms with Gasteiger partial charge in [0.15, 0.2) is 11.6 Å². The molecule has 1 nitrogen and oxygen atoms in total. The Morgan fingerprint density at radius 1 is 1.31 bits per heavy atom. The second-order valence-electron chi connectivity index (χ2n) is 4.54. The third-order valence-corrected chi connectivity index (χ3v) is 3.53. The molecule has 1 aliphatic rings. The molecule has 1 saturated carbocycles. The van der Waals surface area contributed by atoms with Crippen molar-refractivity contribution in [2.45, 2.75) is 31.7 Å². The first-order valence-electron chi connectivity index (χ1n) is 5.82. The summed E-state index contributed by atoms with van der Waals surface area (Å²) in [6, 6.07) is 4.57. The summed E-state index contributed by atoms with van der Waals surface area (Å²) in [7, 11) is 1.93. The maximum absolute atomic E-state index is 13.0. The number of hydrogen-bond donors (Lipinski definition) is 1. The van der Waals surface area contributed by atoms with Crippen LogP contribution in [0.4, 0.5) is 8.78 Å². The Morgan fingerprint density at radius 2 is 2.06 bits per heavy atom. The number of rotatable bonds is 4. The van der Waals surface area contributed by atoms with Crippen molar-refractivity contribution in [3.8, 4) is 0 Å². The van der Waals surface area contributed by atoms with Crippen LogP contribution in [-0.2, 0) is 6.42 Å². The van der Waals surface area contributed by atoms with E-state index >= 15 is 0 Å². The van der Waals surface area contributed by atoms with Crippen LogP contribution in [0.3, 0.4) is 0 Å². The van der Waals surface area contributed by atoms with E-state index in [0.717, 1.165) is 12.0 Å². The second-order valence-corrected chi connectivity index (χ2v) is 4.54. The van der Waals surface area contributed by atoms with Gasteiger partial charge in [0, 0.05) is 6.04 Å². The fourth-order valence-electron chi connectivity index (χ4n) is 2.27. The maximum Gasteiger partial charge on any atom is 0.159 e. The van der Waals surface area contributed by atoms with Gasteiger partial charge in [-0.05, 0) is 49.9 Å². The number of hydrogen-bond acceptors (Lipinski definition) is 1. The molecule has 1 aromatic rings. The molecule has 1 aromatic carbocycles. The Balaban J connectivity index is 2.03. The quantitative estimate of drug-likeness (QED) is 0.830. The number of halogens is 2. The molecule has 1 unspecified atom stereocenters. The van der Waals surface area contributed by atoms with Crippen LogP contribution in [0, 0.1) is 17.6 Å². The van der Waals surface area contributed by atoms with Gasteiger partial charge in [0.25, 0.3) is 0 Å². The van der Waals surface area contributed by atoms with Crippen molar-refractivity contribution in [2.75, 3.05) is 7.05 Å². The van der Waals surface area contributed by atoms with E-state index in [-0.39, 0.29) is 0 Å². The van der Waals surface area contributed by atoms with Crippen molar-refractivity contribution in [1.82, 2.24) is 5.32 Å². The summed E-state index contributed by atoms with van der Waals surface area (Å²) in [6.45, 7) is 0. The zero-order valence-electron chi connectivity index (χ0n) is 9.47. The number of likely N-dealkylation sites (N-methyl/N-ethyl adjacent to an activating group) is 1. The average molecular weight is 225 g/mol. The summed E-state index contributed by atoms with van der Waals surface area (Å²) < 4.78 is 25.8. The van der Waals surface area contributed by atoms with Crippen molar-refractivity contribution in [3.63, 3.8) is 0 Å². The monoisotopic (exact) mass is 225 g/mol. The van der Waals surface area contributed by atoms with Gasteiger partial charge in [0.05, 0.1) is 0 Å². The van der Waals surface area contributed by atoms with Crippen LogP contribution in [0.25, 0.3) is 0 Å². The minimum Gasteiger partial charge on any atom is -0.316 e. The largest absolute Gasteiger partial charge is 0.316 e. The van der Waals surface area contributed by atoms with E-state index in [1.54, 1.807) is 6.07 Å². The van der Waals surface area contributed by atoms with Crippen molar-refractivity contribution >= 4 is 0 Å². The normalized spacial score (nSPS) is 18.2. The van der Waals surface area contributed by atoms with Crippen molar-refractivity contribution in [3.05, 3.63) is 35.4 Å². The van der Waals surface area contributed by atoms with Crippen LogP contribution < -0.4 is 5.32 Å². The van der Waals surface area contributed by atoms with Gasteiger partial charge in [-0.3, -0.25) is 0 Å². The molecule has 3 heteroatoms. The topological polar surface area (TPSA) is 12.0 Å². The first-order chi connectivity index (χ1) is 7.70. The van der Waals surface area contributed by atoms with Gasteiger partial charge >= 0.3 is 0 Å². The molecule has 1 fully saturated rings. The van der Waals surface area contributed by atoms with E-state index in [9.17, 15) is 8.78 Å². The lowest BCUT2D eigenvalue weighted by Gasteiger charge is -2.33. The molecule has 0 saturated heterocycles. The fourth-order valence-corrected chi connectivity index (χ4v) is 2.27. The van der Waals surface area contributed by atoms with Crippen LogP contribution in [-0.4, -0.2) is 13.1 Å². The fraction of sp³-hybridized carbons (Fsp3) is 0.538. The van der Waals surface area contributed by atoms with Crippen LogP contribution in [0.5, 0.6) is 0 Å². The van der Waals surface area contributed by atoms with E-state index in [4.69, 9.17) is 0 Å². The Hall–Kier alpha value is -0.960. The van der Waals surface area contributed by atoms with E-state index in [1.807, 2.05) is 7.05 Å². The SMILES string of the molecule is CNC(Cc1ccc(F)c(F)c1)C1CCC1. The zero-order valence-corrected chi connectivity index (χ0v) is 9.47. The van der Waals surface area contributed by atoms with Gasteiger partial charge in [-0.15, -0.1) is 0 Å². The van der Waals surface area contributed by atoms with Crippen molar-refractivity contribution in [1.29, 1.82) is 0 Å². The molecule has 0 aromatic heterocycles. The highest BCUT2D eigenvalue weighted by Crippen LogP contribution is 2.31. The lowest BCUT2D eigenvalue weighted by molar-refractivity contribution is 0.235. The van der Waals surface area contributed by atoms with Gasteiger partial charge < -0.3 is 5.32 Å². The van der Waals surface area contributed by atoms with Gasteiger partial charge in [-0.25, -0.2) is 8.78 Å². The highest BCUT2D eigenvalue weighted by molar-refractivity contribution is 5.19. The number of nitrogens with one attached hydrogen (secondary N) is 1. The van der Waals surface area contributed by atoms with Crippen LogP contribution in [0.15, 0.2) is 18.2 Å². The average Bonchev–Trinajstić information content (AvgIpc) is 2.20. The van der Waals surface area contributed by atoms with E-state index in [2.05, 4.69) is 5.32 Å². The molecule has 0 amide bonds. The summed E-state index contributed by atoms with van der Waals surface area (Å²) in [5.74, 6) is -0.826. The zero-order chi connectivity index (χ0) is 11.5. The van der Waals surface area contributed by atoms with E-state index in [1.165, 1.54) is 31.4 Å². The maximum atomic E-state index is 13.0. The van der Waals surface area contributed by atoms with Crippen LogP contribution >= 0.6 is 0 Å². The molecule has 0 aliphatic heterocycles. The predicted molar refractivity (Wildman–Crippen MR) is 60.3 cm³/mol. The summed E-state index contributed by atoms with van der Waals surface area (Å²) in [6.07, 6.45) is 4.56. The van der Waals surface area contributed by atoms with Crippen molar-refractivity contribution in [2.24, 2.45) is 5.92 Å². The molecule has 88 valence electrons. The molecule has 0 bridgehead atoms. The Bertz CT molecular complexity index is 361. The summed E-state index contributed by atoms with van der Waals surface area (Å²) in [4.78, 5) is 0. The molecular weight excluding hydrogens is 208 g/mol. The summed E-state index contributed by atoms with van der Waals surface area (Å²) in [5, 5.41) is 3.27. The lowest BCUT2D eigenvalue weighted by atomic mass is 9.78. The molecule has 16 heavy (non-hydrogen) atoms. The molecule has 1 atom stereocenters. The van der Waals surface area contributed by atoms with E-state index in [0.29, 0.717) is 12.0 Å². The molecule has 0 spiro atoms. The third-order valence-electron chi connectivity index (χ3n) is 3.53. The first kappa shape index (κ1) is 11.5.